The molecule has 3 aromatic carbocycles. The number of halogens is 1. The molecule has 2 atom stereocenters. The van der Waals surface area contributed by atoms with Crippen LogP contribution in [0.2, 0.25) is 0 Å². The quantitative estimate of drug-likeness (QED) is 0.0816. The maximum Gasteiger partial charge on any atom is 0.264 e. The molecule has 8 heterocycles. The van der Waals surface area contributed by atoms with Crippen molar-refractivity contribution in [3.8, 4) is 11.3 Å². The molecule has 1 spiro atoms. The molecule has 13 rings (SSSR count). The summed E-state index contributed by atoms with van der Waals surface area (Å²) in [7, 11) is 0. The first-order valence-corrected chi connectivity index (χ1v) is 31.6. The van der Waals surface area contributed by atoms with Crippen LogP contribution in [0.3, 0.4) is 0 Å². The summed E-state index contributed by atoms with van der Waals surface area (Å²) in [5.41, 5.74) is 5.85. The number of aromatic nitrogens is 3. The van der Waals surface area contributed by atoms with Crippen molar-refractivity contribution in [3.63, 3.8) is 0 Å². The Hall–Kier alpha value is -7.74. The summed E-state index contributed by atoms with van der Waals surface area (Å²) in [5.74, 6) is -1.99. The van der Waals surface area contributed by atoms with Gasteiger partial charge in [0.15, 0.2) is 5.82 Å². The maximum absolute atomic E-state index is 16.0. The number of rotatable bonds is 13. The SMILES string of the molecule is Cc1cc(F)c(Nc2nc(-c3ccc4c(c3)N([C@H]3C[C@@H](N5CCCCC5)C3)C(=O)C43CCN(C(=O)[C@@H]4CCN(C(=O)[C@H]5CC[C@H](Nc6cccc7c6C(=O)N(C6CCCNC6=O)C7=O)CC5)C4)CC3)cc3ncn(C(C)C)c23)cc1C(=O)NC(C)C. The standard InChI is InChI=1S/C66H79FN12O7/c1-37(2)70-59(80)47-33-52(49(67)29-39(47)5)73-58-57-53(69-36-77(57)38(3)4)34-51(72-58)41-16-19-48-55(30-41)78(45-31-44(32-45)74-24-7-6-8-25-74)65(86)66(48)21-27-75(28-22-66)62(83)42-20-26-76(35-42)61(82)40-14-17-43(18-15-40)71-50-12-9-11-46-56(50)64(85)79(63(46)84)54-13-10-23-68-60(54)81/h9,11-12,16,19,29-30,33-34,36-38,40,42-45,54,71H,6-8,10,13-15,17-18,20-28,31-32,35H2,1-5H3,(H,68,81)(H,70,80)(H,72,73)/t40-,42-,43-,44-,45+,54?/m1/s1. The summed E-state index contributed by atoms with van der Waals surface area (Å²) in [6.45, 7) is 14.0. The Balaban J connectivity index is 0.695. The summed E-state index contributed by atoms with van der Waals surface area (Å²) in [6.07, 6.45) is 12.5. The van der Waals surface area contributed by atoms with E-state index in [4.69, 9.17) is 9.97 Å². The third-order valence-electron chi connectivity index (χ3n) is 20.1. The number of hydrogen-bond acceptors (Lipinski definition) is 12. The van der Waals surface area contributed by atoms with Gasteiger partial charge in [-0.25, -0.2) is 14.4 Å². The number of amides is 7. The molecule has 2 aromatic heterocycles. The highest BCUT2D eigenvalue weighted by Crippen LogP contribution is 2.53. The number of aryl methyl sites for hydroxylation is 1. The summed E-state index contributed by atoms with van der Waals surface area (Å²) in [5, 5.41) is 12.5. The van der Waals surface area contributed by atoms with Gasteiger partial charge in [0.05, 0.1) is 45.7 Å². The van der Waals surface area contributed by atoms with Crippen molar-refractivity contribution >= 4 is 75.3 Å². The number of pyridine rings is 1. The summed E-state index contributed by atoms with van der Waals surface area (Å²) in [4.78, 5) is 117. The van der Waals surface area contributed by atoms with Crippen LogP contribution < -0.4 is 26.2 Å². The molecule has 452 valence electrons. The van der Waals surface area contributed by atoms with E-state index in [9.17, 15) is 28.8 Å². The van der Waals surface area contributed by atoms with Crippen molar-refractivity contribution in [2.45, 2.75) is 166 Å². The van der Waals surface area contributed by atoms with E-state index in [1.54, 1.807) is 31.5 Å². The Kier molecular flexibility index (Phi) is 15.2. The van der Waals surface area contributed by atoms with Crippen LogP contribution in [0.4, 0.5) is 27.3 Å². The minimum absolute atomic E-state index is 0.00318. The van der Waals surface area contributed by atoms with Gasteiger partial charge in [-0.1, -0.05) is 24.6 Å². The summed E-state index contributed by atoms with van der Waals surface area (Å²) in [6, 6.07) is 15.7. The highest BCUT2D eigenvalue weighted by molar-refractivity contribution is 6.25. The molecule has 20 heteroatoms. The average molecular weight is 1170 g/mol. The Morgan fingerprint density at radius 2 is 1.51 bits per heavy atom. The molecule has 5 aromatic rings. The van der Waals surface area contributed by atoms with Crippen LogP contribution in [-0.2, 0) is 24.6 Å². The molecule has 6 fully saturated rings. The molecular formula is C66H79FN12O7. The zero-order valence-electron chi connectivity index (χ0n) is 50.1. The third kappa shape index (κ3) is 10.2. The van der Waals surface area contributed by atoms with E-state index in [0.717, 1.165) is 47.6 Å². The Bertz CT molecular complexity index is 3570. The minimum Gasteiger partial charge on any atom is -0.382 e. The number of imide groups is 1. The number of nitrogens with zero attached hydrogens (tertiary/aromatic N) is 8. The molecule has 19 nitrogen and oxygen atoms in total. The average Bonchev–Trinajstić information content (AvgIpc) is 1.63. The Morgan fingerprint density at radius 1 is 0.756 bits per heavy atom. The first-order valence-electron chi connectivity index (χ1n) is 31.6. The molecule has 8 aliphatic rings. The topological polar surface area (TPSA) is 215 Å². The predicted molar refractivity (Wildman–Crippen MR) is 325 cm³/mol. The van der Waals surface area contributed by atoms with E-state index in [2.05, 4.69) is 43.2 Å². The van der Waals surface area contributed by atoms with E-state index < -0.39 is 29.1 Å². The number of anilines is 4. The molecule has 2 aliphatic carbocycles. The van der Waals surface area contributed by atoms with Crippen molar-refractivity contribution in [3.05, 3.63) is 94.6 Å². The third-order valence-corrected chi connectivity index (χ3v) is 20.1. The molecule has 2 saturated carbocycles. The normalized spacial score (nSPS) is 24.8. The second-order valence-electron chi connectivity index (χ2n) is 26.2. The number of likely N-dealkylation sites (tertiary alicyclic amines) is 3. The number of carbonyl (C=O) groups excluding carboxylic acids is 7. The van der Waals surface area contributed by atoms with Crippen LogP contribution in [0.25, 0.3) is 22.3 Å². The number of fused-ring (bicyclic) bond motifs is 4. The Morgan fingerprint density at radius 3 is 2.24 bits per heavy atom. The lowest BCUT2D eigenvalue weighted by atomic mass is 9.73. The molecule has 4 saturated heterocycles. The van der Waals surface area contributed by atoms with Gasteiger partial charge < -0.3 is 45.4 Å². The van der Waals surface area contributed by atoms with E-state index >= 15 is 9.18 Å². The zero-order chi connectivity index (χ0) is 59.9. The van der Waals surface area contributed by atoms with Gasteiger partial charge in [0.1, 0.15) is 17.4 Å². The summed E-state index contributed by atoms with van der Waals surface area (Å²) < 4.78 is 18.0. The van der Waals surface area contributed by atoms with Crippen molar-refractivity contribution in [2.24, 2.45) is 11.8 Å². The molecular weight excluding hydrogens is 1090 g/mol. The summed E-state index contributed by atoms with van der Waals surface area (Å²) >= 11 is 0. The number of benzene rings is 3. The lowest BCUT2D eigenvalue weighted by molar-refractivity contribution is -0.140. The van der Waals surface area contributed by atoms with Crippen molar-refractivity contribution in [2.75, 3.05) is 61.3 Å². The van der Waals surface area contributed by atoms with Crippen LogP contribution in [0.1, 0.15) is 166 Å². The van der Waals surface area contributed by atoms with Crippen molar-refractivity contribution in [1.82, 2.24) is 44.8 Å². The van der Waals surface area contributed by atoms with E-state index in [1.807, 2.05) is 54.2 Å². The molecule has 0 radical (unpaired) electrons. The number of piperidine rings is 3. The maximum atomic E-state index is 16.0. The van der Waals surface area contributed by atoms with E-state index in [1.165, 1.54) is 31.4 Å². The van der Waals surface area contributed by atoms with Gasteiger partial charge in [0.25, 0.3) is 17.7 Å². The monoisotopic (exact) mass is 1170 g/mol. The highest BCUT2D eigenvalue weighted by Gasteiger charge is 2.56. The number of carbonyl (C=O) groups is 7. The fourth-order valence-electron chi connectivity index (χ4n) is 15.3. The van der Waals surface area contributed by atoms with Gasteiger partial charge >= 0.3 is 0 Å². The lowest BCUT2D eigenvalue weighted by Gasteiger charge is -2.48. The van der Waals surface area contributed by atoms with E-state index in [-0.39, 0.29) is 71.2 Å². The molecule has 4 N–H and O–H groups in total. The van der Waals surface area contributed by atoms with Gasteiger partial charge in [0, 0.05) is 91.4 Å². The minimum atomic E-state index is -0.824. The van der Waals surface area contributed by atoms with Crippen LogP contribution >= 0.6 is 0 Å². The predicted octanol–water partition coefficient (Wildman–Crippen LogP) is 8.63. The fraction of sp³-hybridized carbons (Fsp3) is 0.530. The van der Waals surface area contributed by atoms with Crippen LogP contribution in [0, 0.1) is 24.6 Å². The number of imidazole rings is 1. The molecule has 1 unspecified atom stereocenters. The first kappa shape index (κ1) is 57.3. The fourth-order valence-corrected chi connectivity index (χ4v) is 15.3. The van der Waals surface area contributed by atoms with Gasteiger partial charge in [-0.05, 0) is 179 Å². The van der Waals surface area contributed by atoms with E-state index in [0.29, 0.717) is 147 Å². The number of nitrogens with one attached hydrogen (secondary N) is 4. The van der Waals surface area contributed by atoms with Crippen molar-refractivity contribution < 1.29 is 38.0 Å². The van der Waals surface area contributed by atoms with Gasteiger partial charge in [-0.3, -0.25) is 38.5 Å². The van der Waals surface area contributed by atoms with Crippen LogP contribution in [0.5, 0.6) is 0 Å². The van der Waals surface area contributed by atoms with Crippen LogP contribution in [-0.4, -0.2) is 152 Å². The van der Waals surface area contributed by atoms with Crippen molar-refractivity contribution in [1.29, 1.82) is 0 Å². The zero-order valence-corrected chi connectivity index (χ0v) is 50.1. The molecule has 6 aliphatic heterocycles. The lowest BCUT2D eigenvalue weighted by Crippen LogP contribution is -2.58. The second kappa shape index (κ2) is 22.8. The Labute approximate surface area is 501 Å². The first-order chi connectivity index (χ1) is 41.5. The smallest absolute Gasteiger partial charge is 0.264 e. The molecule has 7 amide bonds. The molecule has 86 heavy (non-hydrogen) atoms. The second-order valence-corrected chi connectivity index (χ2v) is 26.2. The van der Waals surface area contributed by atoms with Gasteiger partial charge in [-0.15, -0.1) is 0 Å². The largest absolute Gasteiger partial charge is 0.382 e. The number of hydrogen-bond donors (Lipinski definition) is 4. The van der Waals surface area contributed by atoms with Gasteiger partial charge in [-0.2, -0.15) is 0 Å². The van der Waals surface area contributed by atoms with Crippen LogP contribution in [0.15, 0.2) is 60.9 Å². The highest BCUT2D eigenvalue weighted by atomic mass is 19.1. The molecule has 0 bridgehead atoms. The van der Waals surface area contributed by atoms with Gasteiger partial charge in [0.2, 0.25) is 23.6 Å².